The third-order valence-electron chi connectivity index (χ3n) is 4.28. The van der Waals surface area contributed by atoms with E-state index in [4.69, 9.17) is 9.47 Å². The molecule has 1 aliphatic heterocycles. The number of amides is 1. The Balaban J connectivity index is 1.61. The van der Waals surface area contributed by atoms with Crippen LogP contribution in [0.15, 0.2) is 54.6 Å². The van der Waals surface area contributed by atoms with Crippen LogP contribution in [0.5, 0.6) is 5.75 Å². The molecule has 0 bridgehead atoms. The highest BCUT2D eigenvalue weighted by Crippen LogP contribution is 2.33. The number of Topliss-reactive ketones (excluding diaryl/α,β-unsaturated/α-hetero) is 1. The molecule has 3 rings (SSSR count). The molecule has 26 heavy (non-hydrogen) atoms. The number of rotatable bonds is 6. The van der Waals surface area contributed by atoms with Gasteiger partial charge in [0.05, 0.1) is 18.7 Å². The first-order chi connectivity index (χ1) is 12.6. The maximum absolute atomic E-state index is 12.3. The fourth-order valence-electron chi connectivity index (χ4n) is 2.91. The van der Waals surface area contributed by atoms with Crippen LogP contribution in [0.1, 0.15) is 16.8 Å². The molecule has 0 aromatic heterocycles. The van der Waals surface area contributed by atoms with Crippen molar-refractivity contribution in [3.05, 3.63) is 60.2 Å². The Morgan fingerprint density at radius 3 is 2.50 bits per heavy atom. The summed E-state index contributed by atoms with van der Waals surface area (Å²) in [6, 6.07) is 15.8. The van der Waals surface area contributed by atoms with Crippen molar-refractivity contribution < 1.29 is 23.9 Å². The van der Waals surface area contributed by atoms with Crippen LogP contribution in [0, 0.1) is 5.92 Å². The Kier molecular flexibility index (Phi) is 5.31. The van der Waals surface area contributed by atoms with Crippen LogP contribution in [0.2, 0.25) is 0 Å². The summed E-state index contributed by atoms with van der Waals surface area (Å²) in [5.41, 5.74) is 1.11. The number of nitrogens with zero attached hydrogens (tertiary/aromatic N) is 1. The van der Waals surface area contributed by atoms with Crippen molar-refractivity contribution >= 4 is 23.3 Å². The van der Waals surface area contributed by atoms with Gasteiger partial charge in [-0.2, -0.15) is 0 Å². The van der Waals surface area contributed by atoms with E-state index >= 15 is 0 Å². The lowest BCUT2D eigenvalue weighted by molar-refractivity contribution is -0.147. The quantitative estimate of drug-likeness (QED) is 0.589. The molecule has 6 heteroatoms. The van der Waals surface area contributed by atoms with Gasteiger partial charge in [-0.3, -0.25) is 14.4 Å². The second kappa shape index (κ2) is 7.82. The molecule has 1 aliphatic rings. The van der Waals surface area contributed by atoms with E-state index in [9.17, 15) is 14.4 Å². The number of benzene rings is 2. The molecule has 0 saturated carbocycles. The normalized spacial score (nSPS) is 16.4. The van der Waals surface area contributed by atoms with E-state index < -0.39 is 11.9 Å². The molecule has 1 amide bonds. The molecule has 0 unspecified atom stereocenters. The first kappa shape index (κ1) is 17.7. The number of carbonyl (C=O) groups is 3. The fraction of sp³-hybridized carbons (Fsp3) is 0.250. The first-order valence-corrected chi connectivity index (χ1v) is 8.28. The largest absolute Gasteiger partial charge is 0.495 e. The zero-order chi connectivity index (χ0) is 18.5. The van der Waals surface area contributed by atoms with Crippen molar-refractivity contribution in [1.82, 2.24) is 0 Å². The van der Waals surface area contributed by atoms with E-state index in [2.05, 4.69) is 0 Å². The highest BCUT2D eigenvalue weighted by Gasteiger charge is 2.37. The molecule has 0 N–H and O–H groups in total. The lowest BCUT2D eigenvalue weighted by Gasteiger charge is -2.19. The van der Waals surface area contributed by atoms with Crippen LogP contribution < -0.4 is 9.64 Å². The number of esters is 1. The van der Waals surface area contributed by atoms with Gasteiger partial charge in [-0.15, -0.1) is 0 Å². The second-order valence-corrected chi connectivity index (χ2v) is 5.97. The molecule has 1 heterocycles. The van der Waals surface area contributed by atoms with Gasteiger partial charge >= 0.3 is 5.97 Å². The summed E-state index contributed by atoms with van der Waals surface area (Å²) in [6.45, 7) is -0.125. The van der Waals surface area contributed by atoms with Crippen molar-refractivity contribution in [2.24, 2.45) is 5.92 Å². The minimum Gasteiger partial charge on any atom is -0.495 e. The fourth-order valence-corrected chi connectivity index (χ4v) is 2.91. The summed E-state index contributed by atoms with van der Waals surface area (Å²) in [5.74, 6) is -1.03. The van der Waals surface area contributed by atoms with Crippen molar-refractivity contribution in [3.8, 4) is 5.75 Å². The van der Waals surface area contributed by atoms with Gasteiger partial charge < -0.3 is 14.4 Å². The summed E-state index contributed by atoms with van der Waals surface area (Å²) in [4.78, 5) is 38.1. The Hall–Kier alpha value is -3.15. The minimum atomic E-state index is -0.601. The number of ketones is 1. The first-order valence-electron chi connectivity index (χ1n) is 8.28. The zero-order valence-electron chi connectivity index (χ0n) is 14.4. The second-order valence-electron chi connectivity index (χ2n) is 5.97. The average Bonchev–Trinajstić information content (AvgIpc) is 3.08. The maximum atomic E-state index is 12.3. The molecule has 0 spiro atoms. The van der Waals surface area contributed by atoms with Crippen LogP contribution in [0.3, 0.4) is 0 Å². The number of ether oxygens (including phenoxy) is 2. The van der Waals surface area contributed by atoms with Crippen molar-refractivity contribution in [3.63, 3.8) is 0 Å². The van der Waals surface area contributed by atoms with Gasteiger partial charge in [-0.25, -0.2) is 0 Å². The molecule has 1 saturated heterocycles. The number of methoxy groups -OCH3 is 1. The lowest BCUT2D eigenvalue weighted by Crippen LogP contribution is -2.27. The number of anilines is 1. The Morgan fingerprint density at radius 2 is 1.77 bits per heavy atom. The summed E-state index contributed by atoms with van der Waals surface area (Å²) < 4.78 is 10.4. The number of hydrogen-bond donors (Lipinski definition) is 0. The summed E-state index contributed by atoms with van der Waals surface area (Å²) in [5, 5.41) is 0. The van der Waals surface area contributed by atoms with Crippen LogP contribution in [-0.4, -0.2) is 37.9 Å². The molecular weight excluding hydrogens is 334 g/mol. The van der Waals surface area contributed by atoms with Crippen molar-refractivity contribution in [2.45, 2.75) is 6.42 Å². The molecule has 134 valence electrons. The predicted octanol–water partition coefficient (Wildman–Crippen LogP) is 2.47. The van der Waals surface area contributed by atoms with E-state index in [1.807, 2.05) is 6.07 Å². The Morgan fingerprint density at radius 1 is 1.08 bits per heavy atom. The van der Waals surface area contributed by atoms with Gasteiger partial charge in [0.2, 0.25) is 5.91 Å². The number of hydrogen-bond acceptors (Lipinski definition) is 5. The number of carbonyl (C=O) groups excluding carboxylic acids is 3. The topological polar surface area (TPSA) is 72.9 Å². The average molecular weight is 353 g/mol. The van der Waals surface area contributed by atoms with Crippen LogP contribution in [-0.2, 0) is 14.3 Å². The molecule has 6 nitrogen and oxygen atoms in total. The van der Waals surface area contributed by atoms with E-state index in [1.54, 1.807) is 48.5 Å². The van der Waals surface area contributed by atoms with E-state index in [0.717, 1.165) is 0 Å². The SMILES string of the molecule is COc1ccccc1N1C[C@H](C(=O)OCC(=O)c2ccccc2)CC1=O. The minimum absolute atomic E-state index is 0.0520. The highest BCUT2D eigenvalue weighted by atomic mass is 16.5. The van der Waals surface area contributed by atoms with E-state index in [-0.39, 0.29) is 31.3 Å². The Bertz CT molecular complexity index is 818. The summed E-state index contributed by atoms with van der Waals surface area (Å²) in [6.07, 6.45) is 0.0520. The lowest BCUT2D eigenvalue weighted by atomic mass is 10.1. The third kappa shape index (κ3) is 3.74. The van der Waals surface area contributed by atoms with Gasteiger partial charge in [0.1, 0.15) is 5.75 Å². The van der Waals surface area contributed by atoms with Gasteiger partial charge in [0.15, 0.2) is 12.4 Å². The predicted molar refractivity (Wildman–Crippen MR) is 95.2 cm³/mol. The summed E-state index contributed by atoms with van der Waals surface area (Å²) in [7, 11) is 1.53. The molecule has 1 atom stereocenters. The molecule has 0 aliphatic carbocycles. The zero-order valence-corrected chi connectivity index (χ0v) is 14.4. The molecule has 1 fully saturated rings. The summed E-state index contributed by atoms with van der Waals surface area (Å²) >= 11 is 0. The van der Waals surface area contributed by atoms with Crippen LogP contribution >= 0.6 is 0 Å². The molecular formula is C20H19NO5. The van der Waals surface area contributed by atoms with E-state index in [0.29, 0.717) is 17.0 Å². The monoisotopic (exact) mass is 353 g/mol. The van der Waals surface area contributed by atoms with Crippen molar-refractivity contribution in [1.29, 1.82) is 0 Å². The van der Waals surface area contributed by atoms with Crippen LogP contribution in [0.4, 0.5) is 5.69 Å². The molecule has 0 radical (unpaired) electrons. The molecule has 2 aromatic carbocycles. The highest BCUT2D eigenvalue weighted by molar-refractivity contribution is 6.01. The smallest absolute Gasteiger partial charge is 0.311 e. The van der Waals surface area contributed by atoms with Crippen molar-refractivity contribution in [2.75, 3.05) is 25.2 Å². The third-order valence-corrected chi connectivity index (χ3v) is 4.28. The van der Waals surface area contributed by atoms with Gasteiger partial charge in [0.25, 0.3) is 0 Å². The van der Waals surface area contributed by atoms with Gasteiger partial charge in [-0.05, 0) is 12.1 Å². The standard InChI is InChI=1S/C20H19NO5/c1-25-18-10-6-5-9-16(18)21-12-15(11-19(21)23)20(24)26-13-17(22)14-7-3-2-4-8-14/h2-10,15H,11-13H2,1H3/t15-/m1/s1. The van der Waals surface area contributed by atoms with E-state index in [1.165, 1.54) is 12.0 Å². The van der Waals surface area contributed by atoms with Crippen LogP contribution in [0.25, 0.3) is 0 Å². The van der Waals surface area contributed by atoms with Gasteiger partial charge in [-0.1, -0.05) is 42.5 Å². The Labute approximate surface area is 151 Å². The molecule has 2 aromatic rings. The van der Waals surface area contributed by atoms with Gasteiger partial charge in [0, 0.05) is 18.5 Å². The maximum Gasteiger partial charge on any atom is 0.311 e. The number of para-hydroxylation sites is 2.